The Hall–Kier alpha value is -1.97. The van der Waals surface area contributed by atoms with Crippen LogP contribution >= 0.6 is 0 Å². The average Bonchev–Trinajstić information content (AvgIpc) is 2.38. The number of allylic oxidation sites excluding steroid dienone is 3. The van der Waals surface area contributed by atoms with Gasteiger partial charge in [-0.15, -0.1) is 0 Å². The lowest BCUT2D eigenvalue weighted by molar-refractivity contribution is 0.198. The minimum absolute atomic E-state index is 0.0847. The second kappa shape index (κ2) is 9.03. The van der Waals surface area contributed by atoms with E-state index < -0.39 is 11.6 Å². The molecule has 0 unspecified atom stereocenters. The minimum Gasteiger partial charge on any atom is -0.487 e. The van der Waals surface area contributed by atoms with Crippen LogP contribution in [0.25, 0.3) is 0 Å². The second-order valence-electron chi connectivity index (χ2n) is 3.46. The molecule has 19 heavy (non-hydrogen) atoms. The maximum atomic E-state index is 13.2. The fourth-order valence-electron chi connectivity index (χ4n) is 1.10. The van der Waals surface area contributed by atoms with Crippen molar-refractivity contribution in [1.29, 1.82) is 0 Å². The van der Waals surface area contributed by atoms with Gasteiger partial charge in [0.2, 0.25) is 0 Å². The fourth-order valence-corrected chi connectivity index (χ4v) is 1.10. The number of hydrogen-bond donors (Lipinski definition) is 0. The highest BCUT2D eigenvalue weighted by Gasteiger charge is 2.06. The van der Waals surface area contributed by atoms with Crippen LogP contribution in [-0.2, 0) is 11.3 Å². The van der Waals surface area contributed by atoms with E-state index in [-0.39, 0.29) is 18.1 Å². The first-order chi connectivity index (χ1) is 9.00. The molecule has 0 spiro atoms. The third-order valence-corrected chi connectivity index (χ3v) is 1.91. The van der Waals surface area contributed by atoms with E-state index in [4.69, 9.17) is 4.74 Å². The fraction of sp³-hybridized carbons (Fsp3) is 0.267. The van der Waals surface area contributed by atoms with Crippen molar-refractivity contribution >= 4 is 0 Å². The maximum absolute atomic E-state index is 13.2. The van der Waals surface area contributed by atoms with Gasteiger partial charge < -0.3 is 4.74 Å². The Labute approximate surface area is 113 Å². The zero-order chi connectivity index (χ0) is 14.8. The molecule has 0 saturated heterocycles. The normalized spacial score (nSPS) is 10.3. The lowest BCUT2D eigenvalue weighted by atomic mass is 10.2. The van der Waals surface area contributed by atoms with Gasteiger partial charge in [-0.25, -0.2) is 8.78 Å². The van der Waals surface area contributed by atoms with E-state index in [1.54, 1.807) is 6.92 Å². The van der Waals surface area contributed by atoms with Crippen LogP contribution in [0.1, 0.15) is 26.5 Å². The molecule has 0 amide bonds. The van der Waals surface area contributed by atoms with Crippen molar-refractivity contribution < 1.29 is 13.5 Å². The standard InChI is InChI=1S/C13H13F2NO.C2H6/c1-9(2)13(7-10(3)14)17-8-12-11(15)5-4-6-16-12;1-2/h4-7H,1,3,8H2,2H3;1-2H3/b13-7+;. The Bertz CT molecular complexity index is 467. The summed E-state index contributed by atoms with van der Waals surface area (Å²) in [4.78, 5) is 3.82. The molecule has 1 rings (SSSR count). The topological polar surface area (TPSA) is 22.1 Å². The summed E-state index contributed by atoms with van der Waals surface area (Å²) in [6, 6.07) is 2.77. The summed E-state index contributed by atoms with van der Waals surface area (Å²) >= 11 is 0. The van der Waals surface area contributed by atoms with E-state index in [0.717, 1.165) is 6.08 Å². The van der Waals surface area contributed by atoms with Crippen LogP contribution < -0.4 is 0 Å². The summed E-state index contributed by atoms with van der Waals surface area (Å²) in [6.45, 7) is 12.3. The first kappa shape index (κ1) is 17.0. The number of pyridine rings is 1. The molecule has 0 radical (unpaired) electrons. The van der Waals surface area contributed by atoms with Crippen molar-refractivity contribution in [3.05, 3.63) is 66.2 Å². The molecule has 1 aromatic rings. The van der Waals surface area contributed by atoms with Crippen molar-refractivity contribution in [3.8, 4) is 0 Å². The monoisotopic (exact) mass is 267 g/mol. The summed E-state index contributed by atoms with van der Waals surface area (Å²) in [7, 11) is 0. The van der Waals surface area contributed by atoms with E-state index in [2.05, 4.69) is 18.1 Å². The summed E-state index contributed by atoms with van der Waals surface area (Å²) in [6.07, 6.45) is 2.56. The van der Waals surface area contributed by atoms with Gasteiger partial charge in [-0.05, 0) is 24.6 Å². The Balaban J connectivity index is 0.00000154. The van der Waals surface area contributed by atoms with Gasteiger partial charge >= 0.3 is 0 Å². The Morgan fingerprint density at radius 3 is 2.53 bits per heavy atom. The molecule has 1 aromatic heterocycles. The van der Waals surface area contributed by atoms with Gasteiger partial charge in [-0.1, -0.05) is 27.0 Å². The van der Waals surface area contributed by atoms with Gasteiger partial charge in [0.05, 0.1) is 0 Å². The van der Waals surface area contributed by atoms with Crippen LogP contribution in [0.2, 0.25) is 0 Å². The smallest absolute Gasteiger partial charge is 0.148 e. The molecular formula is C15H19F2NO. The molecule has 1 heterocycles. The van der Waals surface area contributed by atoms with E-state index >= 15 is 0 Å². The molecule has 2 nitrogen and oxygen atoms in total. The number of halogens is 2. The Morgan fingerprint density at radius 1 is 1.42 bits per heavy atom. The quantitative estimate of drug-likeness (QED) is 0.569. The number of hydrogen-bond acceptors (Lipinski definition) is 2. The highest BCUT2D eigenvalue weighted by atomic mass is 19.1. The van der Waals surface area contributed by atoms with Crippen molar-refractivity contribution in [2.24, 2.45) is 0 Å². The summed E-state index contributed by atoms with van der Waals surface area (Å²) in [5.41, 5.74) is 0.684. The minimum atomic E-state index is -0.649. The lowest BCUT2D eigenvalue weighted by Gasteiger charge is -2.09. The van der Waals surface area contributed by atoms with Gasteiger partial charge in [0.25, 0.3) is 0 Å². The number of aromatic nitrogens is 1. The van der Waals surface area contributed by atoms with E-state index in [0.29, 0.717) is 5.57 Å². The van der Waals surface area contributed by atoms with Gasteiger partial charge in [-0.3, -0.25) is 4.98 Å². The molecule has 0 fully saturated rings. The average molecular weight is 267 g/mol. The number of nitrogens with zero attached hydrogens (tertiary/aromatic N) is 1. The molecule has 0 bridgehead atoms. The highest BCUT2D eigenvalue weighted by Crippen LogP contribution is 2.15. The van der Waals surface area contributed by atoms with Crippen LogP contribution in [-0.4, -0.2) is 4.98 Å². The SMILES string of the molecule is C=C(F)/C=C(/OCc1ncccc1F)C(=C)C.CC. The van der Waals surface area contributed by atoms with Gasteiger partial charge in [0, 0.05) is 12.3 Å². The van der Waals surface area contributed by atoms with Gasteiger partial charge in [0.1, 0.15) is 29.7 Å². The molecule has 0 atom stereocenters. The molecule has 0 aliphatic rings. The number of ether oxygens (including phenoxy) is 1. The molecule has 0 N–H and O–H groups in total. The second-order valence-corrected chi connectivity index (χ2v) is 3.46. The third-order valence-electron chi connectivity index (χ3n) is 1.91. The van der Waals surface area contributed by atoms with E-state index in [1.807, 2.05) is 13.8 Å². The summed E-state index contributed by atoms with van der Waals surface area (Å²) in [5, 5.41) is 0. The highest BCUT2D eigenvalue weighted by molar-refractivity contribution is 5.26. The van der Waals surface area contributed by atoms with Crippen molar-refractivity contribution in [1.82, 2.24) is 4.98 Å². The molecule has 0 saturated carbocycles. The molecule has 0 aromatic carbocycles. The predicted octanol–water partition coefficient (Wildman–Crippen LogP) is 4.71. The van der Waals surface area contributed by atoms with Gasteiger partial charge in [-0.2, -0.15) is 0 Å². The molecule has 0 aliphatic carbocycles. The van der Waals surface area contributed by atoms with E-state index in [9.17, 15) is 8.78 Å². The number of rotatable bonds is 5. The molecule has 0 aliphatic heterocycles. The van der Waals surface area contributed by atoms with Crippen molar-refractivity contribution in [3.63, 3.8) is 0 Å². The van der Waals surface area contributed by atoms with Crippen LogP contribution in [0.4, 0.5) is 8.78 Å². The van der Waals surface area contributed by atoms with Gasteiger partial charge in [0.15, 0.2) is 0 Å². The Kier molecular flexibility index (Phi) is 8.09. The maximum Gasteiger partial charge on any atom is 0.148 e. The zero-order valence-electron chi connectivity index (χ0n) is 11.5. The first-order valence-corrected chi connectivity index (χ1v) is 5.95. The molecular weight excluding hydrogens is 248 g/mol. The van der Waals surface area contributed by atoms with Crippen LogP contribution in [0.5, 0.6) is 0 Å². The van der Waals surface area contributed by atoms with Crippen molar-refractivity contribution in [2.45, 2.75) is 27.4 Å². The lowest BCUT2D eigenvalue weighted by Crippen LogP contribution is -2.00. The molecule has 4 heteroatoms. The first-order valence-electron chi connectivity index (χ1n) is 5.95. The largest absolute Gasteiger partial charge is 0.487 e. The zero-order valence-corrected chi connectivity index (χ0v) is 11.5. The van der Waals surface area contributed by atoms with E-state index in [1.165, 1.54) is 18.3 Å². The third kappa shape index (κ3) is 6.50. The Morgan fingerprint density at radius 2 is 2.05 bits per heavy atom. The van der Waals surface area contributed by atoms with Crippen LogP contribution in [0.15, 0.2) is 54.7 Å². The van der Waals surface area contributed by atoms with Crippen molar-refractivity contribution in [2.75, 3.05) is 0 Å². The van der Waals surface area contributed by atoms with Crippen LogP contribution in [0.3, 0.4) is 0 Å². The molecule has 104 valence electrons. The summed E-state index contributed by atoms with van der Waals surface area (Å²) < 4.78 is 31.1. The predicted molar refractivity (Wildman–Crippen MR) is 73.5 cm³/mol. The summed E-state index contributed by atoms with van der Waals surface area (Å²) in [5.74, 6) is -0.889. The van der Waals surface area contributed by atoms with Crippen LogP contribution in [0, 0.1) is 5.82 Å².